The summed E-state index contributed by atoms with van der Waals surface area (Å²) in [7, 11) is 1.67. The number of carbonyl (C=O) groups excluding carboxylic acids is 1. The fraction of sp³-hybridized carbons (Fsp3) is 0.471. The average Bonchev–Trinajstić information content (AvgIpc) is 2.47. The summed E-state index contributed by atoms with van der Waals surface area (Å²) in [5.41, 5.74) is 2.16. The molecule has 1 unspecified atom stereocenters. The zero-order valence-electron chi connectivity index (χ0n) is 13.1. The lowest BCUT2D eigenvalue weighted by Gasteiger charge is -2.31. The van der Waals surface area contributed by atoms with Crippen molar-refractivity contribution in [2.24, 2.45) is 0 Å². The average molecular weight is 288 g/mol. The van der Waals surface area contributed by atoms with Crippen LogP contribution in [0.25, 0.3) is 0 Å². The first kappa shape index (κ1) is 15.6. The number of rotatable bonds is 4. The number of carbonyl (C=O) groups is 1. The zero-order chi connectivity index (χ0) is 15.2. The molecule has 1 aromatic carbocycles. The van der Waals surface area contributed by atoms with Crippen LogP contribution < -0.4 is 10.1 Å². The molecule has 0 spiro atoms. The van der Waals surface area contributed by atoms with Crippen LogP contribution in [-0.4, -0.2) is 43.6 Å². The molecule has 1 heterocycles. The van der Waals surface area contributed by atoms with Crippen LogP contribution in [0.2, 0.25) is 0 Å². The standard InChI is InChI=1S/C17H24N2O2/c1-13(10-15-6-4-5-7-16(15)21-3)11-17(20)19-9-8-18-14(2)12-19/h4-7,11,14,18H,8-10,12H2,1-3H3. The quantitative estimate of drug-likeness (QED) is 0.862. The Morgan fingerprint density at radius 3 is 2.95 bits per heavy atom. The second-order valence-corrected chi connectivity index (χ2v) is 5.62. The molecule has 1 saturated heterocycles. The van der Waals surface area contributed by atoms with Gasteiger partial charge in [0, 0.05) is 31.8 Å². The van der Waals surface area contributed by atoms with Gasteiger partial charge in [-0.15, -0.1) is 0 Å². The maximum Gasteiger partial charge on any atom is 0.246 e. The molecule has 1 aliphatic heterocycles. The molecule has 0 bridgehead atoms. The van der Waals surface area contributed by atoms with Gasteiger partial charge >= 0.3 is 0 Å². The van der Waals surface area contributed by atoms with E-state index in [-0.39, 0.29) is 5.91 Å². The van der Waals surface area contributed by atoms with Crippen molar-refractivity contribution in [3.63, 3.8) is 0 Å². The molecule has 1 fully saturated rings. The number of nitrogens with zero attached hydrogens (tertiary/aromatic N) is 1. The number of methoxy groups -OCH3 is 1. The Balaban J connectivity index is 2.01. The van der Waals surface area contributed by atoms with Crippen LogP contribution in [0.15, 0.2) is 35.9 Å². The number of ether oxygens (including phenoxy) is 1. The number of amides is 1. The van der Waals surface area contributed by atoms with E-state index in [0.717, 1.165) is 42.9 Å². The number of nitrogens with one attached hydrogen (secondary N) is 1. The Morgan fingerprint density at radius 2 is 2.24 bits per heavy atom. The third kappa shape index (κ3) is 4.33. The summed E-state index contributed by atoms with van der Waals surface area (Å²) in [5, 5.41) is 3.34. The van der Waals surface area contributed by atoms with Crippen molar-refractivity contribution in [2.45, 2.75) is 26.3 Å². The lowest BCUT2D eigenvalue weighted by Crippen LogP contribution is -2.51. The van der Waals surface area contributed by atoms with Gasteiger partial charge in [0.05, 0.1) is 7.11 Å². The molecule has 114 valence electrons. The highest BCUT2D eigenvalue weighted by Gasteiger charge is 2.18. The molecular weight excluding hydrogens is 264 g/mol. The third-order valence-electron chi connectivity index (χ3n) is 3.71. The van der Waals surface area contributed by atoms with Crippen molar-refractivity contribution in [1.29, 1.82) is 0 Å². The maximum absolute atomic E-state index is 12.3. The fourth-order valence-corrected chi connectivity index (χ4v) is 2.64. The lowest BCUT2D eigenvalue weighted by atomic mass is 10.0. The smallest absolute Gasteiger partial charge is 0.246 e. The van der Waals surface area contributed by atoms with Crippen molar-refractivity contribution >= 4 is 5.91 Å². The van der Waals surface area contributed by atoms with E-state index >= 15 is 0 Å². The summed E-state index contributed by atoms with van der Waals surface area (Å²) in [6.07, 6.45) is 2.49. The minimum Gasteiger partial charge on any atom is -0.496 e. The van der Waals surface area contributed by atoms with Gasteiger partial charge in [-0.1, -0.05) is 23.8 Å². The van der Waals surface area contributed by atoms with Gasteiger partial charge in [-0.3, -0.25) is 4.79 Å². The lowest BCUT2D eigenvalue weighted by molar-refractivity contribution is -0.127. The highest BCUT2D eigenvalue weighted by atomic mass is 16.5. The van der Waals surface area contributed by atoms with Gasteiger partial charge in [-0.05, 0) is 31.9 Å². The zero-order valence-corrected chi connectivity index (χ0v) is 13.1. The van der Waals surface area contributed by atoms with Gasteiger partial charge in [0.1, 0.15) is 5.75 Å². The van der Waals surface area contributed by atoms with E-state index in [1.807, 2.05) is 36.1 Å². The largest absolute Gasteiger partial charge is 0.496 e. The Morgan fingerprint density at radius 1 is 1.48 bits per heavy atom. The molecule has 1 aromatic rings. The van der Waals surface area contributed by atoms with E-state index in [1.54, 1.807) is 13.2 Å². The molecule has 21 heavy (non-hydrogen) atoms. The van der Waals surface area contributed by atoms with Crippen molar-refractivity contribution < 1.29 is 9.53 Å². The first-order valence-electron chi connectivity index (χ1n) is 7.41. The molecule has 2 rings (SSSR count). The second kappa shape index (κ2) is 7.27. The minimum absolute atomic E-state index is 0.107. The summed E-state index contributed by atoms with van der Waals surface area (Å²) in [6.45, 7) is 6.52. The molecule has 0 saturated carbocycles. The van der Waals surface area contributed by atoms with Gasteiger partial charge in [0.15, 0.2) is 0 Å². The molecule has 0 aromatic heterocycles. The minimum atomic E-state index is 0.107. The molecule has 0 radical (unpaired) electrons. The topological polar surface area (TPSA) is 41.6 Å². The highest BCUT2D eigenvalue weighted by Crippen LogP contribution is 2.20. The monoisotopic (exact) mass is 288 g/mol. The van der Waals surface area contributed by atoms with Crippen LogP contribution in [0, 0.1) is 0 Å². The van der Waals surface area contributed by atoms with E-state index < -0.39 is 0 Å². The summed E-state index contributed by atoms with van der Waals surface area (Å²) >= 11 is 0. The van der Waals surface area contributed by atoms with Crippen molar-refractivity contribution in [3.05, 3.63) is 41.5 Å². The predicted molar refractivity (Wildman–Crippen MR) is 84.5 cm³/mol. The van der Waals surface area contributed by atoms with Gasteiger partial charge in [0.25, 0.3) is 0 Å². The van der Waals surface area contributed by atoms with Crippen LogP contribution in [0.3, 0.4) is 0 Å². The molecule has 1 N–H and O–H groups in total. The van der Waals surface area contributed by atoms with Crippen molar-refractivity contribution in [3.8, 4) is 5.75 Å². The number of benzene rings is 1. The normalized spacial score (nSPS) is 19.5. The van der Waals surface area contributed by atoms with Crippen LogP contribution in [0.4, 0.5) is 0 Å². The van der Waals surface area contributed by atoms with Crippen molar-refractivity contribution in [1.82, 2.24) is 10.2 Å². The number of hydrogen-bond acceptors (Lipinski definition) is 3. The molecule has 4 nitrogen and oxygen atoms in total. The van der Waals surface area contributed by atoms with Gasteiger partial charge in [-0.25, -0.2) is 0 Å². The summed E-state index contributed by atoms with van der Waals surface area (Å²) in [4.78, 5) is 14.2. The molecule has 0 aliphatic carbocycles. The van der Waals surface area contributed by atoms with Gasteiger partial charge in [-0.2, -0.15) is 0 Å². The Labute approximate surface area is 126 Å². The number of hydrogen-bond donors (Lipinski definition) is 1. The first-order chi connectivity index (χ1) is 10.1. The predicted octanol–water partition coefficient (Wildman–Crippen LogP) is 2.00. The Kier molecular flexibility index (Phi) is 5.39. The Bertz CT molecular complexity index is 525. The van der Waals surface area contributed by atoms with Crippen molar-refractivity contribution in [2.75, 3.05) is 26.7 Å². The van der Waals surface area contributed by atoms with E-state index in [1.165, 1.54) is 0 Å². The molecule has 4 heteroatoms. The van der Waals surface area contributed by atoms with Crippen LogP contribution in [-0.2, 0) is 11.2 Å². The number of allylic oxidation sites excluding steroid dienone is 1. The third-order valence-corrected chi connectivity index (χ3v) is 3.71. The summed E-state index contributed by atoms with van der Waals surface area (Å²) in [6, 6.07) is 8.29. The maximum atomic E-state index is 12.3. The van der Waals surface area contributed by atoms with Crippen LogP contribution in [0.1, 0.15) is 19.4 Å². The molecular formula is C17H24N2O2. The summed E-state index contributed by atoms with van der Waals surface area (Å²) in [5.74, 6) is 0.976. The molecule has 1 atom stereocenters. The highest BCUT2D eigenvalue weighted by molar-refractivity contribution is 5.88. The SMILES string of the molecule is COc1ccccc1CC(C)=CC(=O)N1CCNC(C)C1. The number of para-hydroxylation sites is 1. The fourth-order valence-electron chi connectivity index (χ4n) is 2.64. The van der Waals surface area contributed by atoms with E-state index in [9.17, 15) is 4.79 Å². The van der Waals surface area contributed by atoms with Crippen LogP contribution >= 0.6 is 0 Å². The van der Waals surface area contributed by atoms with Crippen LogP contribution in [0.5, 0.6) is 5.75 Å². The van der Waals surface area contributed by atoms with Gasteiger partial charge < -0.3 is 15.0 Å². The molecule has 1 amide bonds. The Hall–Kier alpha value is -1.81. The van der Waals surface area contributed by atoms with E-state index in [4.69, 9.17) is 4.74 Å². The summed E-state index contributed by atoms with van der Waals surface area (Å²) < 4.78 is 5.35. The first-order valence-corrected chi connectivity index (χ1v) is 7.41. The van der Waals surface area contributed by atoms with Gasteiger partial charge in [0.2, 0.25) is 5.91 Å². The molecule has 1 aliphatic rings. The second-order valence-electron chi connectivity index (χ2n) is 5.62. The van der Waals surface area contributed by atoms with E-state index in [2.05, 4.69) is 12.2 Å². The van der Waals surface area contributed by atoms with E-state index in [0.29, 0.717) is 6.04 Å². The number of piperazine rings is 1.